The van der Waals surface area contributed by atoms with Crippen molar-refractivity contribution in [3.63, 3.8) is 0 Å². The van der Waals surface area contributed by atoms with Crippen LogP contribution in [-0.4, -0.2) is 57.7 Å². The smallest absolute Gasteiger partial charge is 0.251 e. The van der Waals surface area contributed by atoms with E-state index in [1.165, 1.54) is 0 Å². The summed E-state index contributed by atoms with van der Waals surface area (Å²) in [7, 11) is 1.58. The molecule has 0 bridgehead atoms. The summed E-state index contributed by atoms with van der Waals surface area (Å²) < 4.78 is 7.17. The minimum absolute atomic E-state index is 0.0284. The number of benzene rings is 1. The Morgan fingerprint density at radius 2 is 2.00 bits per heavy atom. The number of nitrogens with one attached hydrogen (secondary N) is 1. The second-order valence-corrected chi connectivity index (χ2v) is 8.02. The first-order valence-electron chi connectivity index (χ1n) is 10.6. The first kappa shape index (κ1) is 21.8. The molecule has 3 rings (SSSR count). The Bertz CT molecular complexity index is 862. The van der Waals surface area contributed by atoms with Gasteiger partial charge in [-0.15, -0.1) is 10.2 Å². The van der Waals surface area contributed by atoms with E-state index in [0.29, 0.717) is 24.4 Å². The highest BCUT2D eigenvalue weighted by Gasteiger charge is 2.33. The zero-order valence-electron chi connectivity index (χ0n) is 18.2. The molecule has 1 N–H and O–H groups in total. The molecule has 1 aromatic heterocycles. The molecule has 2 amide bonds. The second-order valence-electron chi connectivity index (χ2n) is 8.02. The Hall–Kier alpha value is -2.90. The third-order valence-corrected chi connectivity index (χ3v) is 5.66. The van der Waals surface area contributed by atoms with Gasteiger partial charge in [-0.05, 0) is 49.9 Å². The van der Waals surface area contributed by atoms with E-state index >= 15 is 0 Å². The number of carbonyl (C=O) groups is 2. The van der Waals surface area contributed by atoms with Crippen LogP contribution in [0.15, 0.2) is 30.6 Å². The standard InChI is InChI=1S/C22H31N5O3/c1-5-26-14-23-25-20(26)17-7-6-12-27(13-17)22(29)19(15(2)3)24-21(28)16-8-10-18(30-4)11-9-16/h8-11,14-15,17,19H,5-7,12-13H2,1-4H3,(H,24,28). The lowest BCUT2D eigenvalue weighted by atomic mass is 9.94. The molecule has 0 spiro atoms. The number of methoxy groups -OCH3 is 1. The van der Waals surface area contributed by atoms with E-state index < -0.39 is 6.04 Å². The van der Waals surface area contributed by atoms with E-state index in [2.05, 4.69) is 22.4 Å². The number of hydrogen-bond acceptors (Lipinski definition) is 5. The van der Waals surface area contributed by atoms with Crippen LogP contribution in [0, 0.1) is 5.92 Å². The van der Waals surface area contributed by atoms with Crippen LogP contribution in [-0.2, 0) is 11.3 Å². The van der Waals surface area contributed by atoms with E-state index in [1.807, 2.05) is 23.3 Å². The summed E-state index contributed by atoms with van der Waals surface area (Å²) >= 11 is 0. The fourth-order valence-electron chi connectivity index (χ4n) is 3.89. The zero-order valence-corrected chi connectivity index (χ0v) is 18.2. The summed E-state index contributed by atoms with van der Waals surface area (Å²) in [6.45, 7) is 8.05. The van der Waals surface area contributed by atoms with Gasteiger partial charge in [0.15, 0.2) is 0 Å². The van der Waals surface area contributed by atoms with Crippen molar-refractivity contribution in [3.05, 3.63) is 42.0 Å². The van der Waals surface area contributed by atoms with Crippen molar-refractivity contribution in [1.82, 2.24) is 25.0 Å². The average Bonchev–Trinajstić information content (AvgIpc) is 3.25. The maximum absolute atomic E-state index is 13.3. The van der Waals surface area contributed by atoms with Gasteiger partial charge in [0.1, 0.15) is 23.9 Å². The molecule has 0 radical (unpaired) electrons. The molecule has 1 aliphatic rings. The van der Waals surface area contributed by atoms with E-state index in [1.54, 1.807) is 37.7 Å². The van der Waals surface area contributed by atoms with Gasteiger partial charge in [0.25, 0.3) is 5.91 Å². The molecule has 8 heteroatoms. The molecule has 8 nitrogen and oxygen atoms in total. The van der Waals surface area contributed by atoms with Gasteiger partial charge in [0, 0.05) is 31.1 Å². The Kier molecular flexibility index (Phi) is 7.07. The largest absolute Gasteiger partial charge is 0.497 e. The minimum Gasteiger partial charge on any atom is -0.497 e. The molecule has 2 atom stereocenters. The summed E-state index contributed by atoms with van der Waals surface area (Å²) in [5.41, 5.74) is 0.502. The molecular weight excluding hydrogens is 382 g/mol. The molecule has 2 heterocycles. The topological polar surface area (TPSA) is 89.4 Å². The van der Waals surface area contributed by atoms with Crippen LogP contribution in [0.25, 0.3) is 0 Å². The zero-order chi connectivity index (χ0) is 21.7. The average molecular weight is 414 g/mol. The lowest BCUT2D eigenvalue weighted by Gasteiger charge is -2.35. The molecule has 162 valence electrons. The molecule has 0 aliphatic carbocycles. The highest BCUT2D eigenvalue weighted by atomic mass is 16.5. The van der Waals surface area contributed by atoms with Gasteiger partial charge in [-0.2, -0.15) is 0 Å². The van der Waals surface area contributed by atoms with Gasteiger partial charge in [0.2, 0.25) is 5.91 Å². The quantitative estimate of drug-likeness (QED) is 0.753. The summed E-state index contributed by atoms with van der Waals surface area (Å²) in [5.74, 6) is 1.44. The number of rotatable bonds is 7. The molecule has 2 unspecified atom stereocenters. The SMILES string of the molecule is CCn1cnnc1C1CCCN(C(=O)C(NC(=O)c2ccc(OC)cc2)C(C)C)C1. The van der Waals surface area contributed by atoms with Crippen molar-refractivity contribution >= 4 is 11.8 Å². The van der Waals surface area contributed by atoms with Gasteiger partial charge in [-0.3, -0.25) is 9.59 Å². The maximum Gasteiger partial charge on any atom is 0.251 e. The first-order valence-corrected chi connectivity index (χ1v) is 10.6. The third kappa shape index (κ3) is 4.80. The fourth-order valence-corrected chi connectivity index (χ4v) is 3.89. The number of piperidine rings is 1. The van der Waals surface area contributed by atoms with Crippen molar-refractivity contribution in [1.29, 1.82) is 0 Å². The highest BCUT2D eigenvalue weighted by molar-refractivity contribution is 5.97. The van der Waals surface area contributed by atoms with Crippen LogP contribution in [0.2, 0.25) is 0 Å². The van der Waals surface area contributed by atoms with Gasteiger partial charge in [-0.1, -0.05) is 13.8 Å². The monoisotopic (exact) mass is 413 g/mol. The number of hydrogen-bond donors (Lipinski definition) is 1. The normalized spacial score (nSPS) is 17.6. The number of nitrogens with zero attached hydrogens (tertiary/aromatic N) is 4. The van der Waals surface area contributed by atoms with Crippen LogP contribution >= 0.6 is 0 Å². The van der Waals surface area contributed by atoms with Crippen LogP contribution in [0.3, 0.4) is 0 Å². The summed E-state index contributed by atoms with van der Waals surface area (Å²) in [6.07, 6.45) is 3.62. The molecule has 1 aromatic carbocycles. The summed E-state index contributed by atoms with van der Waals surface area (Å²) in [4.78, 5) is 27.9. The van der Waals surface area contributed by atoms with Gasteiger partial charge >= 0.3 is 0 Å². The lowest BCUT2D eigenvalue weighted by molar-refractivity contribution is -0.135. The lowest BCUT2D eigenvalue weighted by Crippen LogP contribution is -2.53. The highest BCUT2D eigenvalue weighted by Crippen LogP contribution is 2.26. The number of ether oxygens (including phenoxy) is 1. The number of carbonyl (C=O) groups excluding carboxylic acids is 2. The molecular formula is C22H31N5O3. The second kappa shape index (κ2) is 9.73. The Morgan fingerprint density at radius 3 is 2.63 bits per heavy atom. The molecule has 0 saturated carbocycles. The Morgan fingerprint density at radius 1 is 1.27 bits per heavy atom. The molecule has 1 saturated heterocycles. The van der Waals surface area contributed by atoms with Crippen molar-refractivity contribution in [2.75, 3.05) is 20.2 Å². The Labute approximate surface area is 177 Å². The van der Waals surface area contributed by atoms with Crippen molar-refractivity contribution < 1.29 is 14.3 Å². The van der Waals surface area contributed by atoms with E-state index in [9.17, 15) is 9.59 Å². The van der Waals surface area contributed by atoms with Crippen LogP contribution in [0.1, 0.15) is 55.7 Å². The summed E-state index contributed by atoms with van der Waals surface area (Å²) in [5, 5.41) is 11.2. The predicted molar refractivity (Wildman–Crippen MR) is 113 cm³/mol. The first-order chi connectivity index (χ1) is 14.4. The van der Waals surface area contributed by atoms with E-state index in [4.69, 9.17) is 4.74 Å². The number of amides is 2. The van der Waals surface area contributed by atoms with Gasteiger partial charge < -0.3 is 19.5 Å². The number of aryl methyl sites for hydroxylation is 1. The van der Waals surface area contributed by atoms with Crippen LogP contribution in [0.4, 0.5) is 0 Å². The van der Waals surface area contributed by atoms with Crippen molar-refractivity contribution in [2.45, 2.75) is 52.1 Å². The van der Waals surface area contributed by atoms with Crippen molar-refractivity contribution in [2.24, 2.45) is 5.92 Å². The van der Waals surface area contributed by atoms with E-state index in [0.717, 1.165) is 25.2 Å². The predicted octanol–water partition coefficient (Wildman–Crippen LogP) is 2.47. The molecule has 1 fully saturated rings. The minimum atomic E-state index is -0.581. The third-order valence-electron chi connectivity index (χ3n) is 5.66. The number of likely N-dealkylation sites (tertiary alicyclic amines) is 1. The van der Waals surface area contributed by atoms with Gasteiger partial charge in [0.05, 0.1) is 7.11 Å². The fraction of sp³-hybridized carbons (Fsp3) is 0.545. The van der Waals surface area contributed by atoms with Crippen LogP contribution < -0.4 is 10.1 Å². The molecule has 30 heavy (non-hydrogen) atoms. The summed E-state index contributed by atoms with van der Waals surface area (Å²) in [6, 6.07) is 6.29. The molecule has 1 aliphatic heterocycles. The van der Waals surface area contributed by atoms with Crippen LogP contribution in [0.5, 0.6) is 5.75 Å². The van der Waals surface area contributed by atoms with Gasteiger partial charge in [-0.25, -0.2) is 0 Å². The van der Waals surface area contributed by atoms with E-state index in [-0.39, 0.29) is 23.7 Å². The molecule has 2 aromatic rings. The Balaban J connectivity index is 1.70. The number of aromatic nitrogens is 3. The van der Waals surface area contributed by atoms with Crippen molar-refractivity contribution in [3.8, 4) is 5.75 Å². The maximum atomic E-state index is 13.3.